The summed E-state index contributed by atoms with van der Waals surface area (Å²) in [4.78, 5) is 0. The number of methoxy groups -OCH3 is 3. The van der Waals surface area contributed by atoms with Crippen LogP contribution in [-0.4, -0.2) is 27.0 Å². The third-order valence-corrected chi connectivity index (χ3v) is 7.08. The number of hydrazone groups is 1. The zero-order valence-electron chi connectivity index (χ0n) is 20.5. The van der Waals surface area contributed by atoms with Gasteiger partial charge >= 0.3 is 0 Å². The van der Waals surface area contributed by atoms with Gasteiger partial charge in [-0.3, -0.25) is 5.01 Å². The SMILES string of the molecule is COc1cc([C@H]2[C@@H]3CCc4ccccc4C3=NN2c2ccc(C(C)C)cc2)cc(OC)c1OC. The van der Waals surface area contributed by atoms with E-state index in [2.05, 4.69) is 79.5 Å². The van der Waals surface area contributed by atoms with E-state index in [1.807, 2.05) is 0 Å². The molecule has 0 amide bonds. The van der Waals surface area contributed by atoms with E-state index in [0.717, 1.165) is 29.8 Å². The van der Waals surface area contributed by atoms with Crippen LogP contribution in [0.1, 0.15) is 54.5 Å². The summed E-state index contributed by atoms with van der Waals surface area (Å²) in [5.41, 5.74) is 7.31. The second-order valence-electron chi connectivity index (χ2n) is 9.28. The van der Waals surface area contributed by atoms with Gasteiger partial charge in [0.15, 0.2) is 11.5 Å². The van der Waals surface area contributed by atoms with Gasteiger partial charge < -0.3 is 14.2 Å². The molecule has 1 heterocycles. The van der Waals surface area contributed by atoms with Gasteiger partial charge in [0.2, 0.25) is 5.75 Å². The third-order valence-electron chi connectivity index (χ3n) is 7.08. The second kappa shape index (κ2) is 9.05. The number of fused-ring (bicyclic) bond motifs is 3. The first kappa shape index (κ1) is 22.3. The van der Waals surface area contributed by atoms with E-state index in [0.29, 0.717) is 23.2 Å². The third kappa shape index (κ3) is 3.69. The Morgan fingerprint density at radius 1 is 0.882 bits per heavy atom. The minimum Gasteiger partial charge on any atom is -0.493 e. The number of hydrogen-bond donors (Lipinski definition) is 0. The highest BCUT2D eigenvalue weighted by atomic mass is 16.5. The summed E-state index contributed by atoms with van der Waals surface area (Å²) < 4.78 is 17.0. The maximum absolute atomic E-state index is 5.69. The van der Waals surface area contributed by atoms with E-state index < -0.39 is 0 Å². The molecular weight excluding hydrogens is 424 g/mol. The largest absolute Gasteiger partial charge is 0.493 e. The van der Waals surface area contributed by atoms with Crippen LogP contribution in [0.15, 0.2) is 65.8 Å². The molecule has 2 atom stereocenters. The van der Waals surface area contributed by atoms with Crippen LogP contribution < -0.4 is 19.2 Å². The highest BCUT2D eigenvalue weighted by Gasteiger charge is 2.42. The molecule has 1 aliphatic carbocycles. The topological polar surface area (TPSA) is 43.3 Å². The Bertz CT molecular complexity index is 1190. The zero-order valence-corrected chi connectivity index (χ0v) is 20.5. The molecule has 3 aromatic rings. The Hall–Kier alpha value is -3.47. The number of rotatable bonds is 6. The lowest BCUT2D eigenvalue weighted by atomic mass is 9.77. The van der Waals surface area contributed by atoms with Crippen LogP contribution in [-0.2, 0) is 6.42 Å². The van der Waals surface area contributed by atoms with Gasteiger partial charge in [-0.15, -0.1) is 0 Å². The van der Waals surface area contributed by atoms with Crippen LogP contribution in [0.2, 0.25) is 0 Å². The maximum atomic E-state index is 5.69. The predicted molar refractivity (Wildman–Crippen MR) is 137 cm³/mol. The van der Waals surface area contributed by atoms with E-state index in [4.69, 9.17) is 19.3 Å². The molecule has 0 fully saturated rings. The molecule has 0 spiro atoms. The molecule has 5 nitrogen and oxygen atoms in total. The monoisotopic (exact) mass is 456 g/mol. The zero-order chi connectivity index (χ0) is 23.8. The molecule has 2 aliphatic rings. The molecule has 34 heavy (non-hydrogen) atoms. The summed E-state index contributed by atoms with van der Waals surface area (Å²) >= 11 is 0. The first-order valence-corrected chi connectivity index (χ1v) is 11.9. The molecule has 5 rings (SSSR count). The second-order valence-corrected chi connectivity index (χ2v) is 9.28. The lowest BCUT2D eigenvalue weighted by Gasteiger charge is -2.31. The van der Waals surface area contributed by atoms with Gasteiger partial charge in [0.1, 0.15) is 0 Å². The van der Waals surface area contributed by atoms with Crippen molar-refractivity contribution in [2.45, 2.75) is 38.6 Å². The fourth-order valence-electron chi connectivity index (χ4n) is 5.30. The Morgan fingerprint density at radius 3 is 2.18 bits per heavy atom. The Labute approximate surface area is 202 Å². The van der Waals surface area contributed by atoms with Crippen molar-refractivity contribution in [2.24, 2.45) is 11.0 Å². The van der Waals surface area contributed by atoms with Crippen LogP contribution in [0.4, 0.5) is 5.69 Å². The van der Waals surface area contributed by atoms with Crippen molar-refractivity contribution in [3.05, 3.63) is 82.9 Å². The molecule has 176 valence electrons. The first-order chi connectivity index (χ1) is 16.5. The van der Waals surface area contributed by atoms with Crippen molar-refractivity contribution in [1.82, 2.24) is 0 Å². The Morgan fingerprint density at radius 2 is 1.56 bits per heavy atom. The lowest BCUT2D eigenvalue weighted by molar-refractivity contribution is 0.323. The molecule has 0 aromatic heterocycles. The van der Waals surface area contributed by atoms with E-state index in [1.54, 1.807) is 21.3 Å². The summed E-state index contributed by atoms with van der Waals surface area (Å²) in [6.45, 7) is 4.44. The fraction of sp³-hybridized carbons (Fsp3) is 0.345. The van der Waals surface area contributed by atoms with Crippen LogP contribution in [0.5, 0.6) is 17.2 Å². The van der Waals surface area contributed by atoms with E-state index in [1.165, 1.54) is 16.7 Å². The lowest BCUT2D eigenvalue weighted by Crippen LogP contribution is -2.29. The summed E-state index contributed by atoms with van der Waals surface area (Å²) in [5, 5.41) is 7.43. The molecule has 0 saturated carbocycles. The van der Waals surface area contributed by atoms with Gasteiger partial charge in [0, 0.05) is 11.5 Å². The van der Waals surface area contributed by atoms with E-state index >= 15 is 0 Å². The smallest absolute Gasteiger partial charge is 0.203 e. The summed E-state index contributed by atoms with van der Waals surface area (Å²) in [5.74, 6) is 2.68. The quantitative estimate of drug-likeness (QED) is 0.433. The van der Waals surface area contributed by atoms with Crippen molar-refractivity contribution < 1.29 is 14.2 Å². The standard InChI is InChI=1S/C29H32N2O3/c1-18(2)19-10-13-22(14-11-19)31-28(21-16-25(32-3)29(34-5)26(17-21)33-4)24-15-12-20-8-6-7-9-23(20)27(24)30-31/h6-11,13-14,16-18,24,28H,12,15H2,1-5H3/t24-,28+/m1/s1. The number of anilines is 1. The van der Waals surface area contributed by atoms with Gasteiger partial charge in [-0.1, -0.05) is 50.2 Å². The van der Waals surface area contributed by atoms with Crippen molar-refractivity contribution in [1.29, 1.82) is 0 Å². The van der Waals surface area contributed by atoms with Crippen molar-refractivity contribution in [2.75, 3.05) is 26.3 Å². The minimum atomic E-state index is 0.0296. The highest BCUT2D eigenvalue weighted by Crippen LogP contribution is 2.49. The minimum absolute atomic E-state index is 0.0296. The number of hydrogen-bond acceptors (Lipinski definition) is 5. The molecule has 0 radical (unpaired) electrons. The maximum Gasteiger partial charge on any atom is 0.203 e. The van der Waals surface area contributed by atoms with Gasteiger partial charge in [-0.25, -0.2) is 0 Å². The molecule has 3 aromatic carbocycles. The number of aryl methyl sites for hydroxylation is 1. The number of nitrogens with zero attached hydrogens (tertiary/aromatic N) is 2. The molecule has 0 unspecified atom stereocenters. The Balaban J connectivity index is 1.65. The van der Waals surface area contributed by atoms with Crippen LogP contribution in [0, 0.1) is 5.92 Å². The fourth-order valence-corrected chi connectivity index (χ4v) is 5.30. The van der Waals surface area contributed by atoms with Crippen LogP contribution in [0.3, 0.4) is 0 Å². The Kier molecular flexibility index (Phi) is 5.94. The highest BCUT2D eigenvalue weighted by molar-refractivity contribution is 6.07. The molecule has 0 bridgehead atoms. The van der Waals surface area contributed by atoms with Crippen molar-refractivity contribution >= 4 is 11.4 Å². The molecule has 0 N–H and O–H groups in total. The summed E-state index contributed by atoms with van der Waals surface area (Å²) in [6, 6.07) is 21.6. The summed E-state index contributed by atoms with van der Waals surface area (Å²) in [7, 11) is 4.96. The number of benzene rings is 3. The van der Waals surface area contributed by atoms with Gasteiger partial charge in [-0.05, 0) is 59.7 Å². The van der Waals surface area contributed by atoms with E-state index in [-0.39, 0.29) is 12.0 Å². The van der Waals surface area contributed by atoms with Gasteiger partial charge in [0.05, 0.1) is 38.8 Å². The molecular formula is C29H32N2O3. The normalized spacial score (nSPS) is 18.9. The summed E-state index contributed by atoms with van der Waals surface area (Å²) in [6.07, 6.45) is 2.08. The average Bonchev–Trinajstić information content (AvgIpc) is 3.28. The average molecular weight is 457 g/mol. The van der Waals surface area contributed by atoms with Crippen LogP contribution in [0.25, 0.3) is 0 Å². The van der Waals surface area contributed by atoms with Crippen molar-refractivity contribution in [3.8, 4) is 17.2 Å². The van der Waals surface area contributed by atoms with Crippen LogP contribution >= 0.6 is 0 Å². The number of ether oxygens (including phenoxy) is 3. The predicted octanol–water partition coefficient (Wildman–Crippen LogP) is 6.36. The van der Waals surface area contributed by atoms with Gasteiger partial charge in [0.25, 0.3) is 0 Å². The van der Waals surface area contributed by atoms with Crippen molar-refractivity contribution in [3.63, 3.8) is 0 Å². The molecule has 5 heteroatoms. The van der Waals surface area contributed by atoms with E-state index in [9.17, 15) is 0 Å². The molecule has 0 saturated heterocycles. The van der Waals surface area contributed by atoms with Gasteiger partial charge in [-0.2, -0.15) is 5.10 Å². The molecule has 1 aliphatic heterocycles. The first-order valence-electron chi connectivity index (χ1n) is 11.9.